The van der Waals surface area contributed by atoms with Gasteiger partial charge in [0.2, 0.25) is 5.95 Å². The number of alkyl halides is 2. The van der Waals surface area contributed by atoms with Crippen LogP contribution in [0.4, 0.5) is 26.1 Å². The molecule has 32 heavy (non-hydrogen) atoms. The topological polar surface area (TPSA) is 121 Å². The zero-order valence-electron chi connectivity index (χ0n) is 17.2. The van der Waals surface area contributed by atoms with Gasteiger partial charge in [-0.3, -0.25) is 9.36 Å². The molecule has 0 spiro atoms. The van der Waals surface area contributed by atoms with Crippen LogP contribution in [0.2, 0.25) is 0 Å². The summed E-state index contributed by atoms with van der Waals surface area (Å²) in [4.78, 5) is 24.6. The summed E-state index contributed by atoms with van der Waals surface area (Å²) in [5, 5.41) is 19.1. The number of fused-ring (bicyclic) bond motifs is 1. The molecular formula is C21H22F2N8O. The zero-order chi connectivity index (χ0) is 22.5. The van der Waals surface area contributed by atoms with Crippen LogP contribution >= 0.6 is 0 Å². The second-order valence-electron chi connectivity index (χ2n) is 7.52. The van der Waals surface area contributed by atoms with Crippen molar-refractivity contribution in [2.24, 2.45) is 0 Å². The molecule has 4 rings (SSSR count). The Labute approximate surface area is 182 Å². The Morgan fingerprint density at radius 1 is 1.28 bits per heavy atom. The van der Waals surface area contributed by atoms with E-state index in [1.807, 2.05) is 0 Å². The third-order valence-corrected chi connectivity index (χ3v) is 5.26. The van der Waals surface area contributed by atoms with Gasteiger partial charge in [0.25, 0.3) is 12.0 Å². The molecule has 11 heteroatoms. The van der Waals surface area contributed by atoms with E-state index in [2.05, 4.69) is 37.0 Å². The Morgan fingerprint density at radius 3 is 2.91 bits per heavy atom. The van der Waals surface area contributed by atoms with Crippen molar-refractivity contribution >= 4 is 28.4 Å². The first kappa shape index (κ1) is 21.6. The molecule has 1 aliphatic rings. The van der Waals surface area contributed by atoms with Crippen molar-refractivity contribution in [2.75, 3.05) is 23.7 Å². The van der Waals surface area contributed by atoms with E-state index in [-0.39, 0.29) is 17.2 Å². The first-order valence-electron chi connectivity index (χ1n) is 10.3. The molecule has 0 aromatic carbocycles. The van der Waals surface area contributed by atoms with E-state index in [1.165, 1.54) is 37.4 Å². The van der Waals surface area contributed by atoms with Gasteiger partial charge >= 0.3 is 0 Å². The largest absolute Gasteiger partial charge is 0.381 e. The number of anilines is 3. The molecule has 0 aliphatic carbocycles. The van der Waals surface area contributed by atoms with Gasteiger partial charge in [-0.15, -0.1) is 0 Å². The quantitative estimate of drug-likeness (QED) is 0.513. The number of pyridine rings is 2. The monoisotopic (exact) mass is 440 g/mol. The Hall–Kier alpha value is -3.65. The zero-order valence-corrected chi connectivity index (χ0v) is 17.2. The molecule has 1 unspecified atom stereocenters. The van der Waals surface area contributed by atoms with Crippen molar-refractivity contribution in [3.05, 3.63) is 46.6 Å². The van der Waals surface area contributed by atoms with Crippen molar-refractivity contribution in [3.8, 4) is 6.07 Å². The average Bonchev–Trinajstić information content (AvgIpc) is 2.80. The summed E-state index contributed by atoms with van der Waals surface area (Å²) >= 11 is 0. The second-order valence-corrected chi connectivity index (χ2v) is 7.52. The molecule has 1 saturated heterocycles. The summed E-state index contributed by atoms with van der Waals surface area (Å²) in [6.07, 6.45) is 3.57. The molecule has 3 aromatic heterocycles. The molecule has 0 radical (unpaired) electrons. The number of piperidine rings is 1. The average molecular weight is 440 g/mol. The van der Waals surface area contributed by atoms with Gasteiger partial charge in [0, 0.05) is 18.7 Å². The number of nitriles is 1. The van der Waals surface area contributed by atoms with Crippen molar-refractivity contribution in [2.45, 2.75) is 38.3 Å². The summed E-state index contributed by atoms with van der Waals surface area (Å²) in [7, 11) is 0. The maximum atomic E-state index is 12.8. The van der Waals surface area contributed by atoms with E-state index in [1.54, 1.807) is 6.07 Å². The Balaban J connectivity index is 1.54. The minimum Gasteiger partial charge on any atom is -0.381 e. The lowest BCUT2D eigenvalue weighted by Gasteiger charge is -2.24. The fraction of sp³-hybridized carbons (Fsp3) is 0.381. The molecule has 0 bridgehead atoms. The lowest BCUT2D eigenvalue weighted by Crippen LogP contribution is -2.39. The summed E-state index contributed by atoms with van der Waals surface area (Å²) in [6.45, 7) is 0.937. The van der Waals surface area contributed by atoms with Crippen LogP contribution in [0.15, 0.2) is 35.4 Å². The molecule has 1 fully saturated rings. The minimum atomic E-state index is -2.67. The molecule has 3 N–H and O–H groups in total. The van der Waals surface area contributed by atoms with Gasteiger partial charge in [0.1, 0.15) is 6.07 Å². The van der Waals surface area contributed by atoms with Crippen LogP contribution in [-0.2, 0) is 6.54 Å². The Bertz CT molecular complexity index is 1200. The number of rotatable bonds is 7. The van der Waals surface area contributed by atoms with E-state index in [4.69, 9.17) is 0 Å². The summed E-state index contributed by atoms with van der Waals surface area (Å²) < 4.78 is 26.6. The number of nitrogens with one attached hydrogen (secondary N) is 3. The number of nitrogens with zero attached hydrogens (tertiary/aromatic N) is 5. The van der Waals surface area contributed by atoms with Gasteiger partial charge in [-0.2, -0.15) is 5.26 Å². The van der Waals surface area contributed by atoms with Crippen LogP contribution in [0.1, 0.15) is 25.0 Å². The lowest BCUT2D eigenvalue weighted by atomic mass is 10.1. The molecule has 1 aliphatic heterocycles. The SMILES string of the molecule is N#Cc1ncc(Nc2ncc3c(ccc(=O)n3CC(F)F)n2)cc1NCC1CCCCN1. The molecule has 4 heterocycles. The van der Waals surface area contributed by atoms with Crippen LogP contribution in [0.5, 0.6) is 0 Å². The Morgan fingerprint density at radius 2 is 2.16 bits per heavy atom. The summed E-state index contributed by atoms with van der Waals surface area (Å²) in [5.74, 6) is 0.214. The van der Waals surface area contributed by atoms with Crippen LogP contribution in [-0.4, -0.2) is 45.1 Å². The third-order valence-electron chi connectivity index (χ3n) is 5.26. The highest BCUT2D eigenvalue weighted by molar-refractivity contribution is 5.75. The number of aromatic nitrogens is 4. The fourth-order valence-electron chi connectivity index (χ4n) is 3.68. The van der Waals surface area contributed by atoms with Crippen LogP contribution in [0, 0.1) is 11.3 Å². The smallest absolute Gasteiger partial charge is 0.256 e. The van der Waals surface area contributed by atoms with Crippen molar-refractivity contribution < 1.29 is 8.78 Å². The minimum absolute atomic E-state index is 0.214. The molecule has 9 nitrogen and oxygen atoms in total. The maximum absolute atomic E-state index is 12.8. The van der Waals surface area contributed by atoms with E-state index in [0.717, 1.165) is 17.5 Å². The van der Waals surface area contributed by atoms with Gasteiger partial charge < -0.3 is 16.0 Å². The third kappa shape index (κ3) is 4.97. The van der Waals surface area contributed by atoms with E-state index >= 15 is 0 Å². The van der Waals surface area contributed by atoms with Gasteiger partial charge in [-0.1, -0.05) is 6.42 Å². The highest BCUT2D eigenvalue weighted by Crippen LogP contribution is 2.22. The highest BCUT2D eigenvalue weighted by atomic mass is 19.3. The molecular weight excluding hydrogens is 418 g/mol. The maximum Gasteiger partial charge on any atom is 0.256 e. The highest BCUT2D eigenvalue weighted by Gasteiger charge is 2.14. The van der Waals surface area contributed by atoms with E-state index < -0.39 is 18.5 Å². The van der Waals surface area contributed by atoms with E-state index in [0.29, 0.717) is 29.5 Å². The number of hydrogen-bond acceptors (Lipinski definition) is 8. The van der Waals surface area contributed by atoms with Crippen molar-refractivity contribution in [1.82, 2.24) is 24.8 Å². The van der Waals surface area contributed by atoms with Crippen LogP contribution in [0.3, 0.4) is 0 Å². The molecule has 3 aromatic rings. The molecule has 1 atom stereocenters. The lowest BCUT2D eigenvalue weighted by molar-refractivity contribution is 0.127. The van der Waals surface area contributed by atoms with E-state index in [9.17, 15) is 18.8 Å². The second kappa shape index (κ2) is 9.65. The number of halogens is 2. The number of hydrogen-bond donors (Lipinski definition) is 3. The van der Waals surface area contributed by atoms with Crippen molar-refractivity contribution in [1.29, 1.82) is 5.26 Å². The van der Waals surface area contributed by atoms with Crippen LogP contribution in [0.25, 0.3) is 11.0 Å². The predicted octanol–water partition coefficient (Wildman–Crippen LogP) is 2.62. The van der Waals surface area contributed by atoms with Gasteiger partial charge in [0.05, 0.1) is 41.3 Å². The van der Waals surface area contributed by atoms with Crippen LogP contribution < -0.4 is 21.5 Å². The summed E-state index contributed by atoms with van der Waals surface area (Å²) in [6, 6.07) is 6.83. The standard InChI is InChI=1S/C21H22F2N8O/c22-19(23)12-31-18-11-28-21(30-15(18)4-5-20(31)32)29-14-7-16(17(8-24)27-10-14)26-9-13-3-1-2-6-25-13/h4-5,7,10-11,13,19,25-26H,1-3,6,9,12H2,(H,28,29,30). The fourth-order valence-corrected chi connectivity index (χ4v) is 3.68. The molecule has 0 saturated carbocycles. The predicted molar refractivity (Wildman–Crippen MR) is 116 cm³/mol. The van der Waals surface area contributed by atoms with Gasteiger partial charge in [-0.05, 0) is 31.5 Å². The normalized spacial score (nSPS) is 16.1. The molecule has 0 amide bonds. The first-order valence-corrected chi connectivity index (χ1v) is 10.3. The van der Waals surface area contributed by atoms with Gasteiger partial charge in [0.15, 0.2) is 5.69 Å². The van der Waals surface area contributed by atoms with Gasteiger partial charge in [-0.25, -0.2) is 23.7 Å². The Kier molecular flexibility index (Phi) is 6.51. The summed E-state index contributed by atoms with van der Waals surface area (Å²) in [5.41, 5.74) is 1.47. The first-order chi connectivity index (χ1) is 15.5. The van der Waals surface area contributed by atoms with Crippen molar-refractivity contribution in [3.63, 3.8) is 0 Å². The molecule has 166 valence electrons.